The normalized spacial score (nSPS) is 10.0. The van der Waals surface area contributed by atoms with Gasteiger partial charge in [-0.3, -0.25) is 0 Å². The second-order valence-electron chi connectivity index (χ2n) is 1.75. The van der Waals surface area contributed by atoms with Crippen LogP contribution in [-0.2, 0) is 4.74 Å². The topological polar surface area (TPSA) is 9.23 Å². The van der Waals surface area contributed by atoms with Gasteiger partial charge in [0, 0.05) is 13.2 Å². The van der Waals surface area contributed by atoms with E-state index in [4.69, 9.17) is 4.74 Å². The lowest BCUT2D eigenvalue weighted by Crippen LogP contribution is -1.94. The van der Waals surface area contributed by atoms with E-state index in [1.807, 2.05) is 18.7 Å². The molecule has 0 unspecified atom stereocenters. The predicted molar refractivity (Wildman–Crippen MR) is 44.1 cm³/mol. The average Bonchev–Trinajstić information content (AvgIpc) is 1.89. The highest BCUT2D eigenvalue weighted by Gasteiger charge is 1.85. The van der Waals surface area contributed by atoms with Crippen LogP contribution < -0.4 is 0 Å². The van der Waals surface area contributed by atoms with Gasteiger partial charge in [-0.2, -0.15) is 11.8 Å². The van der Waals surface area contributed by atoms with Crippen LogP contribution in [0.5, 0.6) is 0 Å². The Balaban J connectivity index is 2.60. The van der Waals surface area contributed by atoms with Crippen molar-refractivity contribution in [3.8, 4) is 0 Å². The first-order valence-corrected chi connectivity index (χ1v) is 4.72. The molecule has 0 saturated carbocycles. The predicted octanol–water partition coefficient (Wildman–Crippen LogP) is 2.17. The Kier molecular flexibility index (Phi) is 8.60. The maximum atomic E-state index is 5.17. The summed E-state index contributed by atoms with van der Waals surface area (Å²) < 4.78 is 5.17. The summed E-state index contributed by atoms with van der Waals surface area (Å²) in [6, 6.07) is 0. The summed E-state index contributed by atoms with van der Waals surface area (Å²) in [5, 5.41) is 0. The van der Waals surface area contributed by atoms with Crippen LogP contribution in [0.25, 0.3) is 0 Å². The third kappa shape index (κ3) is 8.31. The monoisotopic (exact) mass is 148 g/mol. The molecule has 0 saturated heterocycles. The van der Waals surface area contributed by atoms with Gasteiger partial charge in [-0.25, -0.2) is 0 Å². The lowest BCUT2D eigenvalue weighted by Gasteiger charge is -1.98. The smallest absolute Gasteiger partial charge is 0.0473 e. The molecule has 0 bridgehead atoms. The van der Waals surface area contributed by atoms with E-state index in [0.29, 0.717) is 0 Å². The minimum Gasteiger partial charge on any atom is -0.382 e. The lowest BCUT2D eigenvalue weighted by atomic mass is 10.5. The van der Waals surface area contributed by atoms with Gasteiger partial charge in [0.05, 0.1) is 0 Å². The Bertz CT molecular complexity index is 42.2. The van der Waals surface area contributed by atoms with Crippen LogP contribution in [0.4, 0.5) is 0 Å². The SMILES string of the molecule is CCOCCCSCC. The zero-order valence-corrected chi connectivity index (χ0v) is 7.17. The molecule has 0 radical (unpaired) electrons. The number of ether oxygens (including phenoxy) is 1. The Labute approximate surface area is 62.2 Å². The molecule has 0 aliphatic rings. The fraction of sp³-hybridized carbons (Fsp3) is 1.00. The molecule has 0 heterocycles. The van der Waals surface area contributed by atoms with E-state index in [1.54, 1.807) is 0 Å². The largest absolute Gasteiger partial charge is 0.382 e. The fourth-order valence-corrected chi connectivity index (χ4v) is 1.16. The number of hydrogen-bond acceptors (Lipinski definition) is 2. The van der Waals surface area contributed by atoms with Gasteiger partial charge < -0.3 is 4.74 Å². The van der Waals surface area contributed by atoms with Gasteiger partial charge in [0.15, 0.2) is 0 Å². The second-order valence-corrected chi connectivity index (χ2v) is 3.14. The van der Waals surface area contributed by atoms with E-state index in [2.05, 4.69) is 6.92 Å². The molecule has 0 aliphatic heterocycles. The Morgan fingerprint density at radius 2 is 2.11 bits per heavy atom. The van der Waals surface area contributed by atoms with Gasteiger partial charge >= 0.3 is 0 Å². The van der Waals surface area contributed by atoms with Crippen molar-refractivity contribution in [2.75, 3.05) is 24.7 Å². The molecule has 0 amide bonds. The zero-order valence-electron chi connectivity index (χ0n) is 6.35. The van der Waals surface area contributed by atoms with E-state index in [-0.39, 0.29) is 0 Å². The molecule has 0 atom stereocenters. The molecular weight excluding hydrogens is 132 g/mol. The fourth-order valence-electron chi connectivity index (χ4n) is 0.552. The minimum absolute atomic E-state index is 0.858. The number of rotatable bonds is 6. The summed E-state index contributed by atoms with van der Waals surface area (Å²) in [4.78, 5) is 0. The van der Waals surface area contributed by atoms with Gasteiger partial charge in [0.25, 0.3) is 0 Å². The molecule has 0 N–H and O–H groups in total. The molecule has 0 spiro atoms. The molecule has 0 rings (SSSR count). The number of thioether (sulfide) groups is 1. The highest BCUT2D eigenvalue weighted by Crippen LogP contribution is 2.00. The molecule has 9 heavy (non-hydrogen) atoms. The van der Waals surface area contributed by atoms with E-state index in [0.717, 1.165) is 13.2 Å². The highest BCUT2D eigenvalue weighted by molar-refractivity contribution is 7.99. The van der Waals surface area contributed by atoms with Crippen molar-refractivity contribution in [1.29, 1.82) is 0 Å². The molecule has 1 nitrogen and oxygen atoms in total. The van der Waals surface area contributed by atoms with Crippen LogP contribution in [0, 0.1) is 0 Å². The van der Waals surface area contributed by atoms with Crippen LogP contribution >= 0.6 is 11.8 Å². The molecule has 56 valence electrons. The van der Waals surface area contributed by atoms with Crippen molar-refractivity contribution in [3.05, 3.63) is 0 Å². The average molecular weight is 148 g/mol. The van der Waals surface area contributed by atoms with Gasteiger partial charge in [-0.15, -0.1) is 0 Å². The highest BCUT2D eigenvalue weighted by atomic mass is 32.2. The van der Waals surface area contributed by atoms with Gasteiger partial charge in [-0.05, 0) is 24.9 Å². The Morgan fingerprint density at radius 1 is 1.33 bits per heavy atom. The van der Waals surface area contributed by atoms with Crippen LogP contribution in [0.3, 0.4) is 0 Å². The van der Waals surface area contributed by atoms with Crippen LogP contribution in [0.1, 0.15) is 20.3 Å². The standard InChI is InChI=1S/C7H16OS/c1-3-8-6-5-7-9-4-2/h3-7H2,1-2H3. The van der Waals surface area contributed by atoms with Crippen LogP contribution in [-0.4, -0.2) is 24.7 Å². The quantitative estimate of drug-likeness (QED) is 0.534. The molecule has 0 aromatic rings. The summed E-state index contributed by atoms with van der Waals surface area (Å²) in [5.41, 5.74) is 0. The van der Waals surface area contributed by atoms with Crippen molar-refractivity contribution in [3.63, 3.8) is 0 Å². The molecule has 2 heteroatoms. The van der Waals surface area contributed by atoms with E-state index in [9.17, 15) is 0 Å². The molecule has 0 fully saturated rings. The van der Waals surface area contributed by atoms with Gasteiger partial charge in [0.1, 0.15) is 0 Å². The summed E-state index contributed by atoms with van der Waals surface area (Å²) in [6.07, 6.45) is 1.20. The third-order valence-electron chi connectivity index (χ3n) is 0.986. The summed E-state index contributed by atoms with van der Waals surface area (Å²) in [5.74, 6) is 2.47. The molecule has 0 aromatic carbocycles. The first-order valence-electron chi connectivity index (χ1n) is 3.57. The van der Waals surface area contributed by atoms with E-state index >= 15 is 0 Å². The van der Waals surface area contributed by atoms with Gasteiger partial charge in [0.2, 0.25) is 0 Å². The van der Waals surface area contributed by atoms with E-state index < -0.39 is 0 Å². The first-order chi connectivity index (χ1) is 4.41. The Morgan fingerprint density at radius 3 is 2.67 bits per heavy atom. The Hall–Kier alpha value is 0.310. The van der Waals surface area contributed by atoms with Crippen molar-refractivity contribution >= 4 is 11.8 Å². The molecule has 0 aliphatic carbocycles. The lowest BCUT2D eigenvalue weighted by molar-refractivity contribution is 0.149. The third-order valence-corrected chi connectivity index (χ3v) is 1.97. The maximum Gasteiger partial charge on any atom is 0.0473 e. The summed E-state index contributed by atoms with van der Waals surface area (Å²) >= 11 is 1.98. The van der Waals surface area contributed by atoms with Gasteiger partial charge in [-0.1, -0.05) is 6.92 Å². The van der Waals surface area contributed by atoms with Crippen molar-refractivity contribution < 1.29 is 4.74 Å². The molecular formula is C7H16OS. The molecule has 0 aromatic heterocycles. The van der Waals surface area contributed by atoms with Crippen molar-refractivity contribution in [2.24, 2.45) is 0 Å². The zero-order chi connectivity index (χ0) is 6.95. The van der Waals surface area contributed by atoms with Crippen molar-refractivity contribution in [2.45, 2.75) is 20.3 Å². The maximum absolute atomic E-state index is 5.17. The summed E-state index contributed by atoms with van der Waals surface area (Å²) in [7, 11) is 0. The number of hydrogen-bond donors (Lipinski definition) is 0. The van der Waals surface area contributed by atoms with Crippen LogP contribution in [0.15, 0.2) is 0 Å². The minimum atomic E-state index is 0.858. The van der Waals surface area contributed by atoms with Crippen molar-refractivity contribution in [1.82, 2.24) is 0 Å². The summed E-state index contributed by atoms with van der Waals surface area (Å²) in [6.45, 7) is 6.01. The second kappa shape index (κ2) is 8.31. The van der Waals surface area contributed by atoms with Crippen LogP contribution in [0.2, 0.25) is 0 Å². The first kappa shape index (κ1) is 9.31. The van der Waals surface area contributed by atoms with E-state index in [1.165, 1.54) is 17.9 Å².